The second-order valence-corrected chi connectivity index (χ2v) is 6.69. The predicted octanol–water partition coefficient (Wildman–Crippen LogP) is 6.56. The van der Waals surface area contributed by atoms with Crippen LogP contribution in [0.5, 0.6) is 5.75 Å². The minimum atomic E-state index is 0.105. The molecule has 4 aromatic rings. The van der Waals surface area contributed by atoms with Gasteiger partial charge in [0.05, 0.1) is 29.6 Å². The number of hydrogen-bond donors (Lipinski definition) is 1. The quantitative estimate of drug-likeness (QED) is 0.386. The van der Waals surface area contributed by atoms with Gasteiger partial charge in [-0.3, -0.25) is 4.99 Å². The van der Waals surface area contributed by atoms with Gasteiger partial charge in [0.15, 0.2) is 0 Å². The fraction of sp³-hybridized carbons (Fsp3) is 0. The van der Waals surface area contributed by atoms with E-state index in [9.17, 15) is 5.11 Å². The van der Waals surface area contributed by atoms with E-state index in [0.717, 1.165) is 5.56 Å². The number of halogens is 1. The molecular weight excluding hydrogens is 384 g/mol. The maximum absolute atomic E-state index is 10.5. The molecule has 1 N–H and O–H groups in total. The highest BCUT2D eigenvalue weighted by Gasteiger charge is 2.13. The second kappa shape index (κ2) is 8.59. The van der Waals surface area contributed by atoms with Crippen LogP contribution in [-0.4, -0.2) is 17.0 Å². The molecule has 0 aliphatic heterocycles. The van der Waals surface area contributed by atoms with Gasteiger partial charge in [-0.2, -0.15) is 0 Å². The highest BCUT2D eigenvalue weighted by Crippen LogP contribution is 2.31. The highest BCUT2D eigenvalue weighted by molar-refractivity contribution is 6.31. The summed E-state index contributed by atoms with van der Waals surface area (Å²) >= 11 is 6.19. The smallest absolute Gasteiger partial charge is 0.144 e. The van der Waals surface area contributed by atoms with Crippen LogP contribution < -0.4 is 0 Å². The molecule has 29 heavy (non-hydrogen) atoms. The number of aliphatic imine (C=N–C) groups is 2. The number of para-hydroxylation sites is 2. The zero-order valence-electron chi connectivity index (χ0n) is 15.4. The van der Waals surface area contributed by atoms with Crippen molar-refractivity contribution < 1.29 is 9.52 Å². The number of rotatable bonds is 5. The third kappa shape index (κ3) is 4.45. The summed E-state index contributed by atoms with van der Waals surface area (Å²) < 4.78 is 5.31. The molecule has 0 spiro atoms. The van der Waals surface area contributed by atoms with E-state index in [2.05, 4.69) is 4.99 Å². The molecule has 0 radical (unpaired) electrons. The summed E-state index contributed by atoms with van der Waals surface area (Å²) in [5.41, 5.74) is 3.35. The Hall–Kier alpha value is -3.63. The SMILES string of the molecule is Oc1ccc(Cl)cc1C(=Nc1ccccc1N=Cc1ccco1)c1ccccc1. The summed E-state index contributed by atoms with van der Waals surface area (Å²) in [7, 11) is 0. The average molecular weight is 401 g/mol. The molecule has 0 fully saturated rings. The molecule has 3 aromatic carbocycles. The lowest BCUT2D eigenvalue weighted by molar-refractivity contribution is 0.474. The number of phenolic OH excluding ortho intramolecular Hbond substituents is 1. The zero-order chi connectivity index (χ0) is 20.1. The molecule has 0 bridgehead atoms. The molecule has 4 rings (SSSR count). The minimum absolute atomic E-state index is 0.105. The molecule has 1 aromatic heterocycles. The summed E-state index contributed by atoms with van der Waals surface area (Å²) in [6.45, 7) is 0. The minimum Gasteiger partial charge on any atom is -0.507 e. The molecule has 0 aliphatic carbocycles. The number of furan rings is 1. The largest absolute Gasteiger partial charge is 0.507 e. The van der Waals surface area contributed by atoms with E-state index >= 15 is 0 Å². The molecular formula is C24H17ClN2O2. The van der Waals surface area contributed by atoms with Crippen LogP contribution in [-0.2, 0) is 0 Å². The summed E-state index contributed by atoms with van der Waals surface area (Å²) in [6.07, 6.45) is 3.24. The topological polar surface area (TPSA) is 58.1 Å². The van der Waals surface area contributed by atoms with Gasteiger partial charge in [0.2, 0.25) is 0 Å². The Morgan fingerprint density at radius 3 is 2.38 bits per heavy atom. The van der Waals surface area contributed by atoms with Crippen molar-refractivity contribution in [3.8, 4) is 5.75 Å². The van der Waals surface area contributed by atoms with Gasteiger partial charge in [0, 0.05) is 16.1 Å². The first kappa shape index (κ1) is 18.7. The van der Waals surface area contributed by atoms with Gasteiger partial charge in [-0.05, 0) is 42.5 Å². The van der Waals surface area contributed by atoms with E-state index in [0.29, 0.717) is 33.4 Å². The summed E-state index contributed by atoms with van der Waals surface area (Å²) in [4.78, 5) is 9.37. The molecule has 0 aliphatic rings. The Labute approximate surface area is 173 Å². The third-order valence-corrected chi connectivity index (χ3v) is 4.48. The first-order valence-corrected chi connectivity index (χ1v) is 9.38. The van der Waals surface area contributed by atoms with E-state index < -0.39 is 0 Å². The van der Waals surface area contributed by atoms with Crippen molar-refractivity contribution in [3.63, 3.8) is 0 Å². The molecule has 0 saturated heterocycles. The van der Waals surface area contributed by atoms with Gasteiger partial charge in [-0.1, -0.05) is 54.1 Å². The fourth-order valence-corrected chi connectivity index (χ4v) is 3.03. The highest BCUT2D eigenvalue weighted by atomic mass is 35.5. The van der Waals surface area contributed by atoms with Gasteiger partial charge >= 0.3 is 0 Å². The van der Waals surface area contributed by atoms with Crippen LogP contribution >= 0.6 is 11.6 Å². The van der Waals surface area contributed by atoms with E-state index in [1.54, 1.807) is 36.7 Å². The van der Waals surface area contributed by atoms with Crippen molar-refractivity contribution in [2.24, 2.45) is 9.98 Å². The lowest BCUT2D eigenvalue weighted by atomic mass is 10.0. The van der Waals surface area contributed by atoms with Crippen molar-refractivity contribution in [1.29, 1.82) is 0 Å². The van der Waals surface area contributed by atoms with Crippen LogP contribution in [0.3, 0.4) is 0 Å². The van der Waals surface area contributed by atoms with Gasteiger partial charge in [-0.15, -0.1) is 0 Å². The van der Waals surface area contributed by atoms with Crippen LogP contribution in [0.25, 0.3) is 0 Å². The van der Waals surface area contributed by atoms with Crippen molar-refractivity contribution in [3.05, 3.63) is 113 Å². The van der Waals surface area contributed by atoms with Gasteiger partial charge in [-0.25, -0.2) is 4.99 Å². The number of hydrogen-bond acceptors (Lipinski definition) is 4. The van der Waals surface area contributed by atoms with Crippen LogP contribution in [0.4, 0.5) is 11.4 Å². The van der Waals surface area contributed by atoms with Gasteiger partial charge < -0.3 is 9.52 Å². The normalized spacial score (nSPS) is 11.8. The molecule has 1 heterocycles. The maximum atomic E-state index is 10.5. The first-order chi connectivity index (χ1) is 14.2. The lowest BCUT2D eigenvalue weighted by Crippen LogP contribution is -2.03. The van der Waals surface area contributed by atoms with E-state index in [4.69, 9.17) is 21.0 Å². The van der Waals surface area contributed by atoms with Crippen LogP contribution in [0.2, 0.25) is 5.02 Å². The average Bonchev–Trinajstić information content (AvgIpc) is 3.27. The lowest BCUT2D eigenvalue weighted by Gasteiger charge is -2.11. The Balaban J connectivity index is 1.85. The van der Waals surface area contributed by atoms with E-state index in [-0.39, 0.29) is 5.75 Å². The van der Waals surface area contributed by atoms with Crippen LogP contribution in [0, 0.1) is 0 Å². The molecule has 0 unspecified atom stereocenters. The van der Waals surface area contributed by atoms with Crippen molar-refractivity contribution in [1.82, 2.24) is 0 Å². The second-order valence-electron chi connectivity index (χ2n) is 6.25. The Morgan fingerprint density at radius 1 is 0.862 bits per heavy atom. The number of benzene rings is 3. The standard InChI is InChI=1S/C24H17ClN2O2/c25-18-12-13-23(28)20(15-18)24(17-7-2-1-3-8-17)27-22-11-5-4-10-21(22)26-16-19-9-6-14-29-19/h1-16,28H. The summed E-state index contributed by atoms with van der Waals surface area (Å²) in [6, 6.07) is 25.7. The Bertz CT molecular complexity index is 1170. The van der Waals surface area contributed by atoms with E-state index in [1.807, 2.05) is 60.7 Å². The van der Waals surface area contributed by atoms with Crippen LogP contribution in [0.15, 0.2) is 106 Å². The summed E-state index contributed by atoms with van der Waals surface area (Å²) in [5.74, 6) is 0.758. The van der Waals surface area contributed by atoms with Gasteiger partial charge in [0.25, 0.3) is 0 Å². The zero-order valence-corrected chi connectivity index (χ0v) is 16.1. The molecule has 0 saturated carbocycles. The van der Waals surface area contributed by atoms with Crippen molar-refractivity contribution >= 4 is 34.9 Å². The molecule has 0 atom stereocenters. The predicted molar refractivity (Wildman–Crippen MR) is 117 cm³/mol. The molecule has 0 amide bonds. The van der Waals surface area contributed by atoms with Crippen molar-refractivity contribution in [2.45, 2.75) is 0 Å². The first-order valence-electron chi connectivity index (χ1n) is 9.00. The number of aromatic hydroxyl groups is 1. The Kier molecular flexibility index (Phi) is 5.54. The third-order valence-electron chi connectivity index (χ3n) is 4.25. The maximum Gasteiger partial charge on any atom is 0.144 e. The molecule has 4 nitrogen and oxygen atoms in total. The Morgan fingerprint density at radius 2 is 1.62 bits per heavy atom. The summed E-state index contributed by atoms with van der Waals surface area (Å²) in [5, 5.41) is 11.0. The number of nitrogens with zero attached hydrogens (tertiary/aromatic N) is 2. The van der Waals surface area contributed by atoms with Gasteiger partial charge in [0.1, 0.15) is 11.5 Å². The van der Waals surface area contributed by atoms with Crippen molar-refractivity contribution in [2.75, 3.05) is 0 Å². The molecule has 142 valence electrons. The molecule has 5 heteroatoms. The number of phenols is 1. The fourth-order valence-electron chi connectivity index (χ4n) is 2.86. The van der Waals surface area contributed by atoms with Crippen LogP contribution in [0.1, 0.15) is 16.9 Å². The monoisotopic (exact) mass is 400 g/mol. The van der Waals surface area contributed by atoms with E-state index in [1.165, 1.54) is 0 Å².